The van der Waals surface area contributed by atoms with E-state index in [1.54, 1.807) is 13.3 Å². The summed E-state index contributed by atoms with van der Waals surface area (Å²) in [5.74, 6) is 1.23. The van der Waals surface area contributed by atoms with Crippen molar-refractivity contribution in [2.45, 2.75) is 19.4 Å². The standard InChI is InChI=1S/C17H21N3O2S.ClH/c1-11-9-18-8-7-14(11)20-16(21)15-10-19-17(23-15)12-3-5-13(22-2)6-4-12;/h3-6,10-11,14,18H,7-9H2,1-2H3,(H,20,21);1H. The van der Waals surface area contributed by atoms with E-state index >= 15 is 0 Å². The van der Waals surface area contributed by atoms with Gasteiger partial charge in [0.2, 0.25) is 0 Å². The first-order chi connectivity index (χ1) is 11.2. The summed E-state index contributed by atoms with van der Waals surface area (Å²) in [5, 5.41) is 7.32. The third-order valence-corrected chi connectivity index (χ3v) is 5.21. The van der Waals surface area contributed by atoms with Crippen LogP contribution < -0.4 is 15.4 Å². The number of thiazole rings is 1. The van der Waals surface area contributed by atoms with Gasteiger partial charge in [0, 0.05) is 11.6 Å². The molecule has 1 saturated heterocycles. The smallest absolute Gasteiger partial charge is 0.263 e. The molecule has 1 aromatic carbocycles. The third-order valence-electron chi connectivity index (χ3n) is 4.17. The van der Waals surface area contributed by atoms with Gasteiger partial charge in [0.25, 0.3) is 5.91 Å². The van der Waals surface area contributed by atoms with Gasteiger partial charge in [0.05, 0.1) is 13.3 Å². The van der Waals surface area contributed by atoms with E-state index in [9.17, 15) is 4.79 Å². The van der Waals surface area contributed by atoms with Crippen molar-refractivity contribution in [1.29, 1.82) is 0 Å². The molecule has 5 nitrogen and oxygen atoms in total. The molecular formula is C17H22ClN3O2S. The van der Waals surface area contributed by atoms with Crippen molar-refractivity contribution in [2.24, 2.45) is 5.92 Å². The number of methoxy groups -OCH3 is 1. The van der Waals surface area contributed by atoms with Crippen LogP contribution >= 0.6 is 23.7 Å². The summed E-state index contributed by atoms with van der Waals surface area (Å²) in [6, 6.07) is 7.93. The van der Waals surface area contributed by atoms with E-state index in [-0.39, 0.29) is 24.4 Å². The number of rotatable bonds is 4. The van der Waals surface area contributed by atoms with E-state index in [2.05, 4.69) is 22.5 Å². The lowest BCUT2D eigenvalue weighted by Crippen LogP contribution is -2.48. The Kier molecular flexibility index (Phi) is 6.60. The zero-order valence-corrected chi connectivity index (χ0v) is 15.4. The fraction of sp³-hybridized carbons (Fsp3) is 0.412. The van der Waals surface area contributed by atoms with Gasteiger partial charge in [-0.25, -0.2) is 4.98 Å². The molecule has 0 aliphatic carbocycles. The minimum atomic E-state index is -0.0268. The molecule has 2 atom stereocenters. The number of hydrogen-bond acceptors (Lipinski definition) is 5. The van der Waals surface area contributed by atoms with Crippen molar-refractivity contribution in [3.05, 3.63) is 35.3 Å². The molecule has 0 spiro atoms. The van der Waals surface area contributed by atoms with Crippen molar-refractivity contribution < 1.29 is 9.53 Å². The predicted octanol–water partition coefficient (Wildman–Crippen LogP) is 2.97. The van der Waals surface area contributed by atoms with Gasteiger partial charge in [-0.2, -0.15) is 0 Å². The molecule has 1 aliphatic heterocycles. The molecule has 0 radical (unpaired) electrons. The van der Waals surface area contributed by atoms with Crippen LogP contribution in [-0.4, -0.2) is 37.1 Å². The molecule has 2 N–H and O–H groups in total. The molecule has 1 fully saturated rings. The van der Waals surface area contributed by atoms with Gasteiger partial charge in [0.1, 0.15) is 15.6 Å². The van der Waals surface area contributed by atoms with Crippen LogP contribution in [0.3, 0.4) is 0 Å². The average Bonchev–Trinajstić information content (AvgIpc) is 3.07. The Balaban J connectivity index is 0.00000208. The van der Waals surface area contributed by atoms with E-state index in [1.165, 1.54) is 11.3 Å². The largest absolute Gasteiger partial charge is 0.497 e. The number of ether oxygens (including phenoxy) is 1. The molecule has 24 heavy (non-hydrogen) atoms. The van der Waals surface area contributed by atoms with Crippen molar-refractivity contribution >= 4 is 29.7 Å². The first-order valence-corrected chi connectivity index (χ1v) is 8.61. The lowest BCUT2D eigenvalue weighted by molar-refractivity contribution is 0.0918. The molecule has 1 amide bonds. The normalized spacial score (nSPS) is 20.1. The Bertz CT molecular complexity index is 675. The van der Waals surface area contributed by atoms with E-state index in [4.69, 9.17) is 4.74 Å². The second-order valence-corrected chi connectivity index (χ2v) is 6.84. The number of nitrogens with one attached hydrogen (secondary N) is 2. The van der Waals surface area contributed by atoms with E-state index in [0.29, 0.717) is 10.8 Å². The number of benzene rings is 1. The van der Waals surface area contributed by atoms with Crippen LogP contribution in [0, 0.1) is 5.92 Å². The SMILES string of the molecule is COc1ccc(-c2ncc(C(=O)NC3CCNCC3C)s2)cc1.Cl. The van der Waals surface area contributed by atoms with Gasteiger partial charge in [-0.1, -0.05) is 6.92 Å². The quantitative estimate of drug-likeness (QED) is 0.872. The molecule has 7 heteroatoms. The second kappa shape index (κ2) is 8.46. The van der Waals surface area contributed by atoms with E-state index in [1.807, 2.05) is 24.3 Å². The summed E-state index contributed by atoms with van der Waals surface area (Å²) in [7, 11) is 1.64. The van der Waals surface area contributed by atoms with E-state index in [0.717, 1.165) is 35.8 Å². The van der Waals surface area contributed by atoms with Crippen molar-refractivity contribution in [1.82, 2.24) is 15.6 Å². The highest BCUT2D eigenvalue weighted by Gasteiger charge is 2.23. The lowest BCUT2D eigenvalue weighted by atomic mass is 9.95. The number of aromatic nitrogens is 1. The van der Waals surface area contributed by atoms with Crippen LogP contribution in [0.1, 0.15) is 23.0 Å². The minimum absolute atomic E-state index is 0. The van der Waals surface area contributed by atoms with Gasteiger partial charge in [-0.3, -0.25) is 4.79 Å². The zero-order valence-electron chi connectivity index (χ0n) is 13.7. The second-order valence-electron chi connectivity index (χ2n) is 5.81. The van der Waals surface area contributed by atoms with Crippen LogP contribution in [-0.2, 0) is 0 Å². The van der Waals surface area contributed by atoms with Gasteiger partial charge >= 0.3 is 0 Å². The average molecular weight is 368 g/mol. The van der Waals surface area contributed by atoms with Crippen LogP contribution in [0.2, 0.25) is 0 Å². The first kappa shape index (κ1) is 18.7. The molecular weight excluding hydrogens is 346 g/mol. The fourth-order valence-corrected chi connectivity index (χ4v) is 3.54. The molecule has 0 saturated carbocycles. The summed E-state index contributed by atoms with van der Waals surface area (Å²) in [6.45, 7) is 4.06. The van der Waals surface area contributed by atoms with Crippen LogP contribution in [0.5, 0.6) is 5.75 Å². The molecule has 2 unspecified atom stereocenters. The van der Waals surface area contributed by atoms with Gasteiger partial charge in [0.15, 0.2) is 0 Å². The molecule has 1 aromatic heterocycles. The number of piperidine rings is 1. The Morgan fingerprint density at radius 1 is 1.38 bits per heavy atom. The maximum absolute atomic E-state index is 12.4. The summed E-state index contributed by atoms with van der Waals surface area (Å²) in [4.78, 5) is 17.5. The van der Waals surface area contributed by atoms with Gasteiger partial charge < -0.3 is 15.4 Å². The Morgan fingerprint density at radius 3 is 2.79 bits per heavy atom. The number of nitrogens with zero attached hydrogens (tertiary/aromatic N) is 1. The lowest BCUT2D eigenvalue weighted by Gasteiger charge is -2.29. The van der Waals surface area contributed by atoms with E-state index < -0.39 is 0 Å². The van der Waals surface area contributed by atoms with Gasteiger partial charge in [-0.15, -0.1) is 23.7 Å². The molecule has 2 heterocycles. The number of carbonyl (C=O) groups is 1. The Morgan fingerprint density at radius 2 is 2.12 bits per heavy atom. The molecule has 2 aromatic rings. The monoisotopic (exact) mass is 367 g/mol. The maximum atomic E-state index is 12.4. The van der Waals surface area contributed by atoms with Crippen molar-refractivity contribution in [3.8, 4) is 16.3 Å². The zero-order chi connectivity index (χ0) is 16.2. The molecule has 130 valence electrons. The van der Waals surface area contributed by atoms with Crippen LogP contribution in [0.25, 0.3) is 10.6 Å². The number of halogens is 1. The first-order valence-electron chi connectivity index (χ1n) is 7.79. The number of hydrogen-bond donors (Lipinski definition) is 2. The number of carbonyl (C=O) groups excluding carboxylic acids is 1. The summed E-state index contributed by atoms with van der Waals surface area (Å²) < 4.78 is 5.16. The molecule has 0 bridgehead atoms. The van der Waals surface area contributed by atoms with Gasteiger partial charge in [-0.05, 0) is 49.7 Å². The highest BCUT2D eigenvalue weighted by Crippen LogP contribution is 2.27. The minimum Gasteiger partial charge on any atom is -0.497 e. The molecule has 1 aliphatic rings. The third kappa shape index (κ3) is 4.26. The number of amides is 1. The maximum Gasteiger partial charge on any atom is 0.263 e. The fourth-order valence-electron chi connectivity index (χ4n) is 2.71. The Labute approximate surface area is 152 Å². The molecule has 3 rings (SSSR count). The van der Waals surface area contributed by atoms with Crippen LogP contribution in [0.15, 0.2) is 30.5 Å². The highest BCUT2D eigenvalue weighted by atomic mass is 35.5. The summed E-state index contributed by atoms with van der Waals surface area (Å²) in [6.07, 6.45) is 2.63. The summed E-state index contributed by atoms with van der Waals surface area (Å²) >= 11 is 1.42. The highest BCUT2D eigenvalue weighted by molar-refractivity contribution is 7.16. The topological polar surface area (TPSA) is 63.2 Å². The van der Waals surface area contributed by atoms with Crippen molar-refractivity contribution in [3.63, 3.8) is 0 Å². The van der Waals surface area contributed by atoms with Crippen LogP contribution in [0.4, 0.5) is 0 Å². The summed E-state index contributed by atoms with van der Waals surface area (Å²) in [5.41, 5.74) is 0.991. The van der Waals surface area contributed by atoms with Crippen molar-refractivity contribution in [2.75, 3.05) is 20.2 Å². The Hall–Kier alpha value is -1.63. The predicted molar refractivity (Wildman–Crippen MR) is 99.3 cm³/mol.